The Balaban J connectivity index is 2.01. The van der Waals surface area contributed by atoms with Gasteiger partial charge in [-0.25, -0.2) is 4.98 Å². The van der Waals surface area contributed by atoms with E-state index in [0.29, 0.717) is 6.04 Å². The molecule has 0 aliphatic heterocycles. The summed E-state index contributed by atoms with van der Waals surface area (Å²) in [6.45, 7) is 13.2. The predicted octanol–water partition coefficient (Wildman–Crippen LogP) is 3.97. The first-order chi connectivity index (χ1) is 10.9. The van der Waals surface area contributed by atoms with Gasteiger partial charge in [0.15, 0.2) is 0 Å². The average Bonchev–Trinajstić information content (AvgIpc) is 2.99. The van der Waals surface area contributed by atoms with Gasteiger partial charge in [0.2, 0.25) is 5.78 Å². The lowest BCUT2D eigenvalue weighted by Gasteiger charge is -2.21. The summed E-state index contributed by atoms with van der Waals surface area (Å²) >= 11 is 0. The second-order valence-electron chi connectivity index (χ2n) is 7.65. The van der Waals surface area contributed by atoms with Crippen LogP contribution in [0.4, 0.5) is 0 Å². The van der Waals surface area contributed by atoms with E-state index in [1.807, 2.05) is 0 Å². The van der Waals surface area contributed by atoms with Gasteiger partial charge in [-0.2, -0.15) is 0 Å². The Morgan fingerprint density at radius 2 is 1.91 bits per heavy atom. The van der Waals surface area contributed by atoms with E-state index in [0.717, 1.165) is 30.8 Å². The molecule has 2 aromatic heterocycles. The van der Waals surface area contributed by atoms with Gasteiger partial charge in [-0.05, 0) is 25.1 Å². The Kier molecular flexibility index (Phi) is 4.19. The van der Waals surface area contributed by atoms with E-state index < -0.39 is 0 Å². The van der Waals surface area contributed by atoms with Crippen molar-refractivity contribution in [3.05, 3.63) is 36.2 Å². The first-order valence-corrected chi connectivity index (χ1v) is 8.58. The number of hydrogen-bond acceptors (Lipinski definition) is 2. The zero-order valence-electron chi connectivity index (χ0n) is 14.9. The number of rotatable bonds is 5. The van der Waals surface area contributed by atoms with Crippen molar-refractivity contribution in [1.82, 2.24) is 19.3 Å². The third kappa shape index (κ3) is 3.13. The van der Waals surface area contributed by atoms with Crippen LogP contribution in [0.15, 0.2) is 30.5 Å². The van der Waals surface area contributed by atoms with Gasteiger partial charge in [0.25, 0.3) is 0 Å². The summed E-state index contributed by atoms with van der Waals surface area (Å²) in [5.74, 6) is 1.06. The highest BCUT2D eigenvalue weighted by molar-refractivity contribution is 5.79. The Bertz CT molecular complexity index is 802. The van der Waals surface area contributed by atoms with Crippen molar-refractivity contribution in [2.24, 2.45) is 0 Å². The van der Waals surface area contributed by atoms with Gasteiger partial charge >= 0.3 is 0 Å². The summed E-state index contributed by atoms with van der Waals surface area (Å²) in [4.78, 5) is 4.87. The lowest BCUT2D eigenvalue weighted by atomic mass is 9.92. The van der Waals surface area contributed by atoms with Gasteiger partial charge in [0, 0.05) is 29.9 Å². The van der Waals surface area contributed by atoms with Crippen LogP contribution in [0.5, 0.6) is 0 Å². The minimum atomic E-state index is 0.104. The Morgan fingerprint density at radius 3 is 2.61 bits per heavy atom. The van der Waals surface area contributed by atoms with Crippen molar-refractivity contribution in [2.45, 2.75) is 59.0 Å². The van der Waals surface area contributed by atoms with Crippen LogP contribution in [0.25, 0.3) is 16.8 Å². The van der Waals surface area contributed by atoms with E-state index in [-0.39, 0.29) is 5.41 Å². The van der Waals surface area contributed by atoms with Crippen LogP contribution in [-0.4, -0.2) is 26.5 Å². The van der Waals surface area contributed by atoms with Crippen molar-refractivity contribution >= 4 is 16.8 Å². The fourth-order valence-electron chi connectivity index (χ4n) is 3.10. The zero-order valence-corrected chi connectivity index (χ0v) is 14.9. The van der Waals surface area contributed by atoms with E-state index in [1.165, 1.54) is 11.2 Å². The molecule has 0 fully saturated rings. The number of aryl methyl sites for hydroxylation is 1. The van der Waals surface area contributed by atoms with Crippen molar-refractivity contribution in [3.63, 3.8) is 0 Å². The monoisotopic (exact) mass is 312 g/mol. The van der Waals surface area contributed by atoms with Crippen molar-refractivity contribution < 1.29 is 0 Å². The van der Waals surface area contributed by atoms with E-state index >= 15 is 0 Å². The van der Waals surface area contributed by atoms with Gasteiger partial charge < -0.3 is 9.88 Å². The first-order valence-electron chi connectivity index (χ1n) is 8.58. The third-order valence-electron chi connectivity index (χ3n) is 4.24. The average molecular weight is 312 g/mol. The number of benzene rings is 1. The number of hydrogen-bond donors (Lipinski definition) is 1. The summed E-state index contributed by atoms with van der Waals surface area (Å²) < 4.78 is 4.63. The maximum absolute atomic E-state index is 4.87. The highest BCUT2D eigenvalue weighted by Gasteiger charge is 2.23. The Morgan fingerprint density at radius 1 is 1.17 bits per heavy atom. The molecule has 1 N–H and O–H groups in total. The van der Waals surface area contributed by atoms with Gasteiger partial charge in [0.1, 0.15) is 0 Å². The minimum absolute atomic E-state index is 0.104. The zero-order chi connectivity index (χ0) is 16.6. The van der Waals surface area contributed by atoms with Crippen molar-refractivity contribution in [3.8, 4) is 0 Å². The largest absolute Gasteiger partial charge is 0.314 e. The summed E-state index contributed by atoms with van der Waals surface area (Å²) in [5.41, 5.74) is 3.70. The molecule has 23 heavy (non-hydrogen) atoms. The fourth-order valence-corrected chi connectivity index (χ4v) is 3.10. The minimum Gasteiger partial charge on any atom is -0.314 e. The molecule has 3 aromatic rings. The van der Waals surface area contributed by atoms with Crippen LogP contribution in [-0.2, 0) is 12.0 Å². The topological polar surface area (TPSA) is 34.3 Å². The van der Waals surface area contributed by atoms with Crippen molar-refractivity contribution in [1.29, 1.82) is 0 Å². The molecule has 0 aliphatic rings. The number of fused-ring (bicyclic) bond motifs is 3. The summed E-state index contributed by atoms with van der Waals surface area (Å²) in [5, 5.41) is 3.50. The molecule has 0 spiro atoms. The SMILES string of the molecule is CC(C)NCCCn1c(C(C)(C)C)cn2c3ccccc3nc12. The summed E-state index contributed by atoms with van der Waals surface area (Å²) in [7, 11) is 0. The molecule has 0 saturated heterocycles. The molecule has 0 unspecified atom stereocenters. The van der Waals surface area contributed by atoms with E-state index in [1.54, 1.807) is 0 Å². The number of aromatic nitrogens is 3. The van der Waals surface area contributed by atoms with Crippen LogP contribution in [0.2, 0.25) is 0 Å². The summed E-state index contributed by atoms with van der Waals surface area (Å²) in [6, 6.07) is 8.90. The highest BCUT2D eigenvalue weighted by Crippen LogP contribution is 2.28. The van der Waals surface area contributed by atoms with Crippen LogP contribution in [0.1, 0.15) is 46.7 Å². The predicted molar refractivity (Wildman–Crippen MR) is 97.1 cm³/mol. The number of para-hydroxylation sites is 2. The van der Waals surface area contributed by atoms with Crippen LogP contribution >= 0.6 is 0 Å². The molecule has 0 bridgehead atoms. The fraction of sp³-hybridized carbons (Fsp3) is 0.526. The number of imidazole rings is 2. The molecular weight excluding hydrogens is 284 g/mol. The number of nitrogens with one attached hydrogen (secondary N) is 1. The van der Waals surface area contributed by atoms with E-state index in [4.69, 9.17) is 4.98 Å². The molecule has 4 nitrogen and oxygen atoms in total. The van der Waals surface area contributed by atoms with Crippen LogP contribution in [0.3, 0.4) is 0 Å². The molecule has 2 heterocycles. The van der Waals surface area contributed by atoms with Crippen LogP contribution < -0.4 is 5.32 Å². The second kappa shape index (κ2) is 6.00. The highest BCUT2D eigenvalue weighted by atomic mass is 15.2. The molecule has 0 atom stereocenters. The molecule has 124 valence electrons. The van der Waals surface area contributed by atoms with E-state index in [2.05, 4.69) is 79.4 Å². The quantitative estimate of drug-likeness (QED) is 0.723. The first kappa shape index (κ1) is 16.1. The van der Waals surface area contributed by atoms with Gasteiger partial charge in [-0.1, -0.05) is 46.8 Å². The molecule has 0 aliphatic carbocycles. The summed E-state index contributed by atoms with van der Waals surface area (Å²) in [6.07, 6.45) is 3.37. The molecule has 0 amide bonds. The molecule has 1 aromatic carbocycles. The number of nitrogens with zero attached hydrogens (tertiary/aromatic N) is 3. The van der Waals surface area contributed by atoms with E-state index in [9.17, 15) is 0 Å². The smallest absolute Gasteiger partial charge is 0.215 e. The molecular formula is C19H28N4. The lowest BCUT2D eigenvalue weighted by molar-refractivity contribution is 0.493. The Hall–Kier alpha value is -1.81. The molecule has 4 heteroatoms. The molecule has 0 radical (unpaired) electrons. The standard InChI is InChI=1S/C19H28N4/c1-14(2)20-11-8-12-22-17(19(3,4)5)13-23-16-10-7-6-9-15(16)21-18(22)23/h6-7,9-10,13-14,20H,8,11-12H2,1-5H3. The van der Waals surface area contributed by atoms with Crippen molar-refractivity contribution in [2.75, 3.05) is 6.54 Å². The van der Waals surface area contributed by atoms with Gasteiger partial charge in [-0.3, -0.25) is 4.40 Å². The molecule has 0 saturated carbocycles. The maximum Gasteiger partial charge on any atom is 0.215 e. The lowest BCUT2D eigenvalue weighted by Crippen LogP contribution is -2.25. The normalized spacial score (nSPS) is 12.8. The second-order valence-corrected chi connectivity index (χ2v) is 7.65. The van der Waals surface area contributed by atoms with Crippen LogP contribution in [0, 0.1) is 0 Å². The third-order valence-corrected chi connectivity index (χ3v) is 4.24. The van der Waals surface area contributed by atoms with Gasteiger partial charge in [0.05, 0.1) is 11.0 Å². The Labute approximate surface area is 138 Å². The molecule has 3 rings (SSSR count). The maximum atomic E-state index is 4.87. The van der Waals surface area contributed by atoms with Gasteiger partial charge in [-0.15, -0.1) is 0 Å².